The van der Waals surface area contributed by atoms with Crippen LogP contribution in [0, 0.1) is 6.92 Å². The Bertz CT molecular complexity index is 730. The molecular weight excluding hydrogens is 314 g/mol. The van der Waals surface area contributed by atoms with Gasteiger partial charge in [-0.3, -0.25) is 20.4 Å². The molecule has 0 radical (unpaired) electrons. The van der Waals surface area contributed by atoms with Crippen LogP contribution in [0.2, 0.25) is 0 Å². The SMILES string of the molecule is Cc1nnsc1C(=O)NNC(=O)CN1CCCc2ccccc21. The first kappa shape index (κ1) is 15.4. The van der Waals surface area contributed by atoms with Crippen molar-refractivity contribution in [3.63, 3.8) is 0 Å². The molecular formula is C15H17N5O2S. The van der Waals surface area contributed by atoms with Crippen LogP contribution < -0.4 is 15.8 Å². The Morgan fingerprint density at radius 3 is 2.91 bits per heavy atom. The van der Waals surface area contributed by atoms with Crippen LogP contribution >= 0.6 is 11.5 Å². The van der Waals surface area contributed by atoms with E-state index in [4.69, 9.17) is 0 Å². The molecule has 0 saturated heterocycles. The molecule has 2 N–H and O–H groups in total. The molecule has 0 unspecified atom stereocenters. The number of para-hydroxylation sites is 1. The number of hydrazine groups is 1. The summed E-state index contributed by atoms with van der Waals surface area (Å²) in [5.74, 6) is -0.657. The Labute approximate surface area is 137 Å². The minimum atomic E-state index is -0.398. The highest BCUT2D eigenvalue weighted by Gasteiger charge is 2.19. The molecule has 1 aromatic carbocycles. The number of rotatable bonds is 3. The number of carbonyl (C=O) groups is 2. The van der Waals surface area contributed by atoms with Gasteiger partial charge in [-0.15, -0.1) is 5.10 Å². The number of fused-ring (bicyclic) bond motifs is 1. The highest BCUT2D eigenvalue weighted by atomic mass is 32.1. The number of amides is 2. The fourth-order valence-corrected chi connectivity index (χ4v) is 3.16. The van der Waals surface area contributed by atoms with Gasteiger partial charge in [-0.2, -0.15) is 0 Å². The second kappa shape index (κ2) is 6.74. The highest BCUT2D eigenvalue weighted by Crippen LogP contribution is 2.26. The van der Waals surface area contributed by atoms with Crippen LogP contribution in [-0.4, -0.2) is 34.5 Å². The van der Waals surface area contributed by atoms with E-state index in [1.54, 1.807) is 6.92 Å². The van der Waals surface area contributed by atoms with Crippen LogP contribution in [0.25, 0.3) is 0 Å². The van der Waals surface area contributed by atoms with E-state index >= 15 is 0 Å². The van der Waals surface area contributed by atoms with Crippen LogP contribution in [-0.2, 0) is 11.2 Å². The largest absolute Gasteiger partial charge is 0.362 e. The van der Waals surface area contributed by atoms with Crippen molar-refractivity contribution in [2.45, 2.75) is 19.8 Å². The predicted molar refractivity (Wildman–Crippen MR) is 87.2 cm³/mol. The molecule has 7 nitrogen and oxygen atoms in total. The third kappa shape index (κ3) is 3.48. The third-order valence-corrected chi connectivity index (χ3v) is 4.54. The Kier molecular flexibility index (Phi) is 4.52. The smallest absolute Gasteiger partial charge is 0.283 e. The number of aryl methyl sites for hydroxylation is 2. The van der Waals surface area contributed by atoms with E-state index in [9.17, 15) is 9.59 Å². The van der Waals surface area contributed by atoms with Gasteiger partial charge in [0.25, 0.3) is 11.8 Å². The molecule has 0 fully saturated rings. The molecule has 3 rings (SSSR count). The molecule has 1 aliphatic rings. The molecule has 1 aromatic heterocycles. The summed E-state index contributed by atoms with van der Waals surface area (Å²) in [7, 11) is 0. The second-order valence-corrected chi connectivity index (χ2v) is 6.10. The average Bonchev–Trinajstić information content (AvgIpc) is 2.99. The molecule has 23 heavy (non-hydrogen) atoms. The molecule has 0 bridgehead atoms. The van der Waals surface area contributed by atoms with Crippen molar-refractivity contribution in [1.29, 1.82) is 0 Å². The summed E-state index contributed by atoms with van der Waals surface area (Å²) < 4.78 is 3.70. The second-order valence-electron chi connectivity index (χ2n) is 5.34. The van der Waals surface area contributed by atoms with Gasteiger partial charge in [0.2, 0.25) is 0 Å². The van der Waals surface area contributed by atoms with E-state index < -0.39 is 5.91 Å². The summed E-state index contributed by atoms with van der Waals surface area (Å²) in [4.78, 5) is 26.4. The maximum Gasteiger partial charge on any atom is 0.283 e. The number of carbonyl (C=O) groups excluding carboxylic acids is 2. The number of nitrogens with one attached hydrogen (secondary N) is 2. The number of nitrogens with zero attached hydrogens (tertiary/aromatic N) is 3. The third-order valence-electron chi connectivity index (χ3n) is 3.71. The monoisotopic (exact) mass is 331 g/mol. The van der Waals surface area contributed by atoms with Crippen molar-refractivity contribution in [2.24, 2.45) is 0 Å². The zero-order chi connectivity index (χ0) is 16.2. The van der Waals surface area contributed by atoms with Gasteiger partial charge in [0.1, 0.15) is 4.88 Å². The van der Waals surface area contributed by atoms with E-state index in [-0.39, 0.29) is 12.5 Å². The van der Waals surface area contributed by atoms with Crippen LogP contribution in [0.15, 0.2) is 24.3 Å². The van der Waals surface area contributed by atoms with Gasteiger partial charge in [0, 0.05) is 12.2 Å². The zero-order valence-electron chi connectivity index (χ0n) is 12.7. The van der Waals surface area contributed by atoms with Gasteiger partial charge in [0.15, 0.2) is 0 Å². The predicted octanol–water partition coefficient (Wildman–Crippen LogP) is 1.06. The topological polar surface area (TPSA) is 87.2 Å². The number of hydrogen-bond acceptors (Lipinski definition) is 6. The van der Waals surface area contributed by atoms with E-state index in [0.717, 1.165) is 36.6 Å². The summed E-state index contributed by atoms with van der Waals surface area (Å²) >= 11 is 1.00. The highest BCUT2D eigenvalue weighted by molar-refractivity contribution is 7.07. The Hall–Kier alpha value is -2.48. The summed E-state index contributed by atoms with van der Waals surface area (Å²) in [6, 6.07) is 8.08. The fourth-order valence-electron chi connectivity index (χ4n) is 2.61. The first-order valence-electron chi connectivity index (χ1n) is 7.36. The lowest BCUT2D eigenvalue weighted by Gasteiger charge is -2.30. The number of benzene rings is 1. The molecule has 1 aliphatic heterocycles. The molecule has 0 atom stereocenters. The summed E-state index contributed by atoms with van der Waals surface area (Å²) in [5, 5.41) is 3.77. The minimum absolute atomic E-state index is 0.206. The molecule has 0 aliphatic carbocycles. The number of aromatic nitrogens is 2. The van der Waals surface area contributed by atoms with E-state index in [0.29, 0.717) is 10.6 Å². The minimum Gasteiger partial charge on any atom is -0.362 e. The molecule has 2 heterocycles. The van der Waals surface area contributed by atoms with Gasteiger partial charge < -0.3 is 4.90 Å². The van der Waals surface area contributed by atoms with E-state index in [1.807, 2.05) is 23.1 Å². The Morgan fingerprint density at radius 1 is 1.30 bits per heavy atom. The average molecular weight is 331 g/mol. The fraction of sp³-hybridized carbons (Fsp3) is 0.333. The van der Waals surface area contributed by atoms with Gasteiger partial charge in [-0.1, -0.05) is 22.7 Å². The maximum atomic E-state index is 12.1. The zero-order valence-corrected chi connectivity index (χ0v) is 13.5. The molecule has 0 saturated carbocycles. The van der Waals surface area contributed by atoms with Crippen LogP contribution in [0.3, 0.4) is 0 Å². The van der Waals surface area contributed by atoms with Gasteiger partial charge in [-0.05, 0) is 42.9 Å². The van der Waals surface area contributed by atoms with Crippen LogP contribution in [0.4, 0.5) is 5.69 Å². The Morgan fingerprint density at radius 2 is 2.13 bits per heavy atom. The molecule has 8 heteroatoms. The maximum absolute atomic E-state index is 12.1. The van der Waals surface area contributed by atoms with E-state index in [1.165, 1.54) is 5.56 Å². The standard InChI is InChI=1S/C15H17N5O2S/c1-10-14(23-19-16-10)15(22)18-17-13(21)9-20-8-4-6-11-5-2-3-7-12(11)20/h2-3,5,7H,4,6,8-9H2,1H3,(H,17,21)(H,18,22). The van der Waals surface area contributed by atoms with Gasteiger partial charge in [-0.25, -0.2) is 0 Å². The van der Waals surface area contributed by atoms with Crippen molar-refractivity contribution < 1.29 is 9.59 Å². The summed E-state index contributed by atoms with van der Waals surface area (Å²) in [5.41, 5.74) is 7.74. The molecule has 2 amide bonds. The van der Waals surface area contributed by atoms with Crippen molar-refractivity contribution >= 4 is 29.0 Å². The van der Waals surface area contributed by atoms with Gasteiger partial charge in [0.05, 0.1) is 12.2 Å². The lowest BCUT2D eigenvalue weighted by molar-refractivity contribution is -0.120. The van der Waals surface area contributed by atoms with E-state index in [2.05, 4.69) is 26.5 Å². The van der Waals surface area contributed by atoms with Crippen molar-refractivity contribution in [3.8, 4) is 0 Å². The number of hydrogen-bond donors (Lipinski definition) is 2. The molecule has 120 valence electrons. The first-order chi connectivity index (χ1) is 11.1. The van der Waals surface area contributed by atoms with Crippen molar-refractivity contribution in [2.75, 3.05) is 18.0 Å². The molecule has 2 aromatic rings. The Balaban J connectivity index is 1.56. The van der Waals surface area contributed by atoms with Crippen LogP contribution in [0.1, 0.15) is 27.3 Å². The van der Waals surface area contributed by atoms with Gasteiger partial charge >= 0.3 is 0 Å². The lowest BCUT2D eigenvalue weighted by Crippen LogP contribution is -2.47. The summed E-state index contributed by atoms with van der Waals surface area (Å²) in [6.45, 7) is 2.73. The summed E-state index contributed by atoms with van der Waals surface area (Å²) in [6.07, 6.45) is 2.05. The van der Waals surface area contributed by atoms with Crippen LogP contribution in [0.5, 0.6) is 0 Å². The first-order valence-corrected chi connectivity index (χ1v) is 8.13. The number of anilines is 1. The van der Waals surface area contributed by atoms with Crippen molar-refractivity contribution in [3.05, 3.63) is 40.4 Å². The quantitative estimate of drug-likeness (QED) is 0.821. The normalized spacial score (nSPS) is 13.3. The lowest BCUT2D eigenvalue weighted by atomic mass is 10.0. The van der Waals surface area contributed by atoms with Crippen molar-refractivity contribution in [1.82, 2.24) is 20.4 Å². The molecule has 0 spiro atoms.